The number of carbonyl (C=O) groups excluding carboxylic acids is 1. The van der Waals surface area contributed by atoms with Crippen molar-refractivity contribution in [1.82, 2.24) is 9.80 Å². The maximum Gasteiger partial charge on any atom is 0.251 e. The van der Waals surface area contributed by atoms with Crippen LogP contribution in [0.5, 0.6) is 0 Å². The molecule has 0 radical (unpaired) electrons. The highest BCUT2D eigenvalue weighted by atomic mass is 19.1. The Morgan fingerprint density at radius 1 is 1.27 bits per heavy atom. The standard InChI is InChI=1S/C17H23FN2O2/c1-13-16(21)19(2)12-17(22-13)7-9-20(10-8-17)11-14-3-5-15(18)6-4-14/h3-6,13H,7-12H2,1-2H3/t13-/m1/s1. The van der Waals surface area contributed by atoms with E-state index in [0.29, 0.717) is 6.54 Å². The normalized spacial score (nSPS) is 25.7. The van der Waals surface area contributed by atoms with Crippen molar-refractivity contribution in [3.8, 4) is 0 Å². The fourth-order valence-corrected chi connectivity index (χ4v) is 3.53. The largest absolute Gasteiger partial charge is 0.360 e. The molecule has 1 atom stereocenters. The SMILES string of the molecule is C[C@H]1OC2(CCN(Cc3ccc(F)cc3)CC2)CN(C)C1=O. The average molecular weight is 306 g/mol. The van der Waals surface area contributed by atoms with E-state index >= 15 is 0 Å². The van der Waals surface area contributed by atoms with Gasteiger partial charge in [-0.1, -0.05) is 12.1 Å². The number of piperidine rings is 1. The summed E-state index contributed by atoms with van der Waals surface area (Å²) in [5, 5.41) is 0. The predicted octanol–water partition coefficient (Wildman–Crippen LogP) is 2.04. The van der Waals surface area contributed by atoms with Crippen LogP contribution in [-0.4, -0.2) is 54.1 Å². The number of rotatable bonds is 2. The third-order valence-electron chi connectivity index (χ3n) is 4.76. The van der Waals surface area contributed by atoms with E-state index < -0.39 is 0 Å². The molecular formula is C17H23FN2O2. The van der Waals surface area contributed by atoms with Crippen LogP contribution in [0.3, 0.4) is 0 Å². The summed E-state index contributed by atoms with van der Waals surface area (Å²) in [6.45, 7) is 5.23. The van der Waals surface area contributed by atoms with Gasteiger partial charge in [-0.2, -0.15) is 0 Å². The lowest BCUT2D eigenvalue weighted by molar-refractivity contribution is -0.187. The third kappa shape index (κ3) is 3.15. The van der Waals surface area contributed by atoms with E-state index in [0.717, 1.165) is 38.0 Å². The van der Waals surface area contributed by atoms with Gasteiger partial charge in [0.05, 0.1) is 5.60 Å². The minimum atomic E-state index is -0.345. The zero-order valence-corrected chi connectivity index (χ0v) is 13.2. The number of likely N-dealkylation sites (tertiary alicyclic amines) is 1. The Kier molecular flexibility index (Phi) is 4.19. The molecule has 22 heavy (non-hydrogen) atoms. The van der Waals surface area contributed by atoms with Crippen molar-refractivity contribution in [3.05, 3.63) is 35.6 Å². The van der Waals surface area contributed by atoms with E-state index in [1.54, 1.807) is 4.90 Å². The minimum absolute atomic E-state index is 0.0689. The summed E-state index contributed by atoms with van der Waals surface area (Å²) in [6.07, 6.45) is 1.51. The van der Waals surface area contributed by atoms with Crippen LogP contribution in [0.15, 0.2) is 24.3 Å². The lowest BCUT2D eigenvalue weighted by atomic mass is 9.88. The Morgan fingerprint density at radius 3 is 2.50 bits per heavy atom. The average Bonchev–Trinajstić information content (AvgIpc) is 2.50. The number of hydrogen-bond donors (Lipinski definition) is 0. The molecule has 4 nitrogen and oxygen atoms in total. The molecule has 2 saturated heterocycles. The monoisotopic (exact) mass is 306 g/mol. The lowest BCUT2D eigenvalue weighted by Crippen LogP contribution is -2.60. The number of amides is 1. The summed E-state index contributed by atoms with van der Waals surface area (Å²) >= 11 is 0. The Morgan fingerprint density at radius 2 is 1.91 bits per heavy atom. The van der Waals surface area contributed by atoms with Crippen LogP contribution in [0.1, 0.15) is 25.3 Å². The fraction of sp³-hybridized carbons (Fsp3) is 0.588. The second-order valence-corrected chi connectivity index (χ2v) is 6.54. The second-order valence-electron chi connectivity index (χ2n) is 6.54. The van der Waals surface area contributed by atoms with E-state index in [-0.39, 0.29) is 23.4 Å². The summed E-state index contributed by atoms with van der Waals surface area (Å²) in [5.74, 6) is -0.127. The second kappa shape index (κ2) is 5.97. The number of carbonyl (C=O) groups is 1. The Bertz CT molecular complexity index is 522. The van der Waals surface area contributed by atoms with Gasteiger partial charge in [-0.25, -0.2) is 4.39 Å². The fourth-order valence-electron chi connectivity index (χ4n) is 3.53. The van der Waals surface area contributed by atoms with Crippen molar-refractivity contribution >= 4 is 5.91 Å². The molecule has 2 aliphatic rings. The van der Waals surface area contributed by atoms with Crippen LogP contribution in [0.4, 0.5) is 4.39 Å². The molecule has 0 N–H and O–H groups in total. The van der Waals surface area contributed by atoms with E-state index in [4.69, 9.17) is 4.74 Å². The maximum absolute atomic E-state index is 12.9. The zero-order chi connectivity index (χ0) is 15.7. The van der Waals surface area contributed by atoms with Crippen molar-refractivity contribution in [2.75, 3.05) is 26.7 Å². The number of benzene rings is 1. The van der Waals surface area contributed by atoms with Crippen molar-refractivity contribution in [2.45, 2.75) is 38.0 Å². The highest BCUT2D eigenvalue weighted by Crippen LogP contribution is 2.32. The van der Waals surface area contributed by atoms with E-state index in [2.05, 4.69) is 4.90 Å². The Balaban J connectivity index is 1.58. The quantitative estimate of drug-likeness (QED) is 0.838. The first-order valence-electron chi connectivity index (χ1n) is 7.87. The molecule has 3 rings (SSSR count). The summed E-state index contributed by atoms with van der Waals surface area (Å²) in [6, 6.07) is 6.69. The number of likely N-dealkylation sites (N-methyl/N-ethyl adjacent to an activating group) is 1. The first-order chi connectivity index (χ1) is 10.5. The van der Waals surface area contributed by atoms with Gasteiger partial charge in [-0.3, -0.25) is 9.69 Å². The van der Waals surface area contributed by atoms with Crippen LogP contribution < -0.4 is 0 Å². The molecule has 1 amide bonds. The molecule has 1 aromatic carbocycles. The van der Waals surface area contributed by atoms with E-state index in [9.17, 15) is 9.18 Å². The van der Waals surface area contributed by atoms with Crippen LogP contribution in [0.25, 0.3) is 0 Å². The van der Waals surface area contributed by atoms with Crippen LogP contribution in [-0.2, 0) is 16.1 Å². The number of hydrogen-bond acceptors (Lipinski definition) is 3. The third-order valence-corrected chi connectivity index (χ3v) is 4.76. The molecule has 5 heteroatoms. The molecule has 0 aromatic heterocycles. The van der Waals surface area contributed by atoms with E-state index in [1.165, 1.54) is 12.1 Å². The maximum atomic E-state index is 12.9. The molecule has 0 bridgehead atoms. The van der Waals surface area contributed by atoms with Crippen molar-refractivity contribution in [3.63, 3.8) is 0 Å². The van der Waals surface area contributed by atoms with Gasteiger partial charge in [0.1, 0.15) is 11.9 Å². The predicted molar refractivity (Wildman–Crippen MR) is 81.8 cm³/mol. The van der Waals surface area contributed by atoms with Crippen LogP contribution >= 0.6 is 0 Å². The zero-order valence-electron chi connectivity index (χ0n) is 13.2. The molecular weight excluding hydrogens is 283 g/mol. The summed E-state index contributed by atoms with van der Waals surface area (Å²) in [4.78, 5) is 16.0. The van der Waals surface area contributed by atoms with Gasteiger partial charge in [0.2, 0.25) is 0 Å². The molecule has 0 saturated carbocycles. The molecule has 0 unspecified atom stereocenters. The van der Waals surface area contributed by atoms with Crippen molar-refractivity contribution in [2.24, 2.45) is 0 Å². The molecule has 2 aliphatic heterocycles. The number of halogens is 1. The van der Waals surface area contributed by atoms with Gasteiger partial charge in [-0.05, 0) is 37.5 Å². The van der Waals surface area contributed by atoms with Crippen LogP contribution in [0, 0.1) is 5.82 Å². The molecule has 0 aliphatic carbocycles. The lowest BCUT2D eigenvalue weighted by Gasteiger charge is -2.48. The number of ether oxygens (including phenoxy) is 1. The summed E-state index contributed by atoms with van der Waals surface area (Å²) in [5.41, 5.74) is 0.934. The topological polar surface area (TPSA) is 32.8 Å². The highest BCUT2D eigenvalue weighted by Gasteiger charge is 2.44. The molecule has 1 aromatic rings. The number of nitrogens with zero attached hydrogens (tertiary/aromatic N) is 2. The Hall–Kier alpha value is -1.46. The van der Waals surface area contributed by atoms with Crippen molar-refractivity contribution < 1.29 is 13.9 Å². The van der Waals surface area contributed by atoms with Gasteiger partial charge in [-0.15, -0.1) is 0 Å². The molecule has 2 fully saturated rings. The molecule has 1 spiro atoms. The van der Waals surface area contributed by atoms with Gasteiger partial charge < -0.3 is 9.64 Å². The number of morpholine rings is 1. The first kappa shape index (κ1) is 15.4. The Labute approximate surface area is 130 Å². The van der Waals surface area contributed by atoms with Gasteiger partial charge in [0.15, 0.2) is 0 Å². The highest BCUT2D eigenvalue weighted by molar-refractivity contribution is 5.81. The van der Waals surface area contributed by atoms with Gasteiger partial charge in [0.25, 0.3) is 5.91 Å². The molecule has 120 valence electrons. The van der Waals surface area contributed by atoms with Crippen molar-refractivity contribution in [1.29, 1.82) is 0 Å². The minimum Gasteiger partial charge on any atom is -0.360 e. The van der Waals surface area contributed by atoms with Crippen LogP contribution in [0.2, 0.25) is 0 Å². The molecule has 2 heterocycles. The summed E-state index contributed by atoms with van der Waals surface area (Å²) < 4.78 is 19.0. The smallest absolute Gasteiger partial charge is 0.251 e. The van der Waals surface area contributed by atoms with Gasteiger partial charge in [0, 0.05) is 33.2 Å². The van der Waals surface area contributed by atoms with E-state index in [1.807, 2.05) is 26.1 Å². The summed E-state index contributed by atoms with van der Waals surface area (Å²) in [7, 11) is 1.86. The first-order valence-corrected chi connectivity index (χ1v) is 7.87. The van der Waals surface area contributed by atoms with Gasteiger partial charge >= 0.3 is 0 Å².